The van der Waals surface area contributed by atoms with Crippen LogP contribution in [0.5, 0.6) is 0 Å². The SMILES string of the molecule is CCc1nc2c(n1CC1(CC)CCCC1)CCNC2. The van der Waals surface area contributed by atoms with Crippen molar-refractivity contribution >= 4 is 0 Å². The molecule has 1 aromatic rings. The fraction of sp³-hybridized carbons (Fsp3) is 0.812. The molecule has 106 valence electrons. The van der Waals surface area contributed by atoms with Crippen molar-refractivity contribution in [3.63, 3.8) is 0 Å². The Labute approximate surface area is 116 Å². The summed E-state index contributed by atoms with van der Waals surface area (Å²) in [5.41, 5.74) is 3.39. The van der Waals surface area contributed by atoms with Gasteiger partial charge in [0, 0.05) is 38.2 Å². The molecule has 0 amide bonds. The molecular formula is C16H27N3. The van der Waals surface area contributed by atoms with Crippen molar-refractivity contribution < 1.29 is 0 Å². The number of aromatic nitrogens is 2. The van der Waals surface area contributed by atoms with Gasteiger partial charge in [0.2, 0.25) is 0 Å². The summed E-state index contributed by atoms with van der Waals surface area (Å²) in [6.07, 6.45) is 9.22. The zero-order chi connectivity index (χ0) is 13.3. The number of rotatable bonds is 4. The highest BCUT2D eigenvalue weighted by Gasteiger charge is 2.34. The predicted molar refractivity (Wildman–Crippen MR) is 78.2 cm³/mol. The Kier molecular flexibility index (Phi) is 3.66. The molecule has 1 fully saturated rings. The number of nitrogens with one attached hydrogen (secondary N) is 1. The maximum absolute atomic E-state index is 4.88. The van der Waals surface area contributed by atoms with Crippen molar-refractivity contribution in [3.05, 3.63) is 17.2 Å². The second-order valence-electron chi connectivity index (χ2n) is 6.35. The van der Waals surface area contributed by atoms with Crippen LogP contribution in [0.2, 0.25) is 0 Å². The first kappa shape index (κ1) is 13.2. The first-order valence-corrected chi connectivity index (χ1v) is 8.06. The van der Waals surface area contributed by atoms with E-state index in [-0.39, 0.29) is 0 Å². The van der Waals surface area contributed by atoms with Gasteiger partial charge < -0.3 is 9.88 Å². The van der Waals surface area contributed by atoms with Crippen LogP contribution >= 0.6 is 0 Å². The molecule has 3 nitrogen and oxygen atoms in total. The number of hydrogen-bond acceptors (Lipinski definition) is 2. The molecule has 0 atom stereocenters. The molecule has 0 saturated heterocycles. The average molecular weight is 261 g/mol. The van der Waals surface area contributed by atoms with Crippen molar-refractivity contribution in [1.29, 1.82) is 0 Å². The summed E-state index contributed by atoms with van der Waals surface area (Å²) in [5.74, 6) is 1.31. The summed E-state index contributed by atoms with van der Waals surface area (Å²) < 4.78 is 2.59. The topological polar surface area (TPSA) is 29.9 Å². The van der Waals surface area contributed by atoms with Gasteiger partial charge in [-0.15, -0.1) is 0 Å². The van der Waals surface area contributed by atoms with Crippen LogP contribution in [-0.2, 0) is 25.9 Å². The van der Waals surface area contributed by atoms with Crippen LogP contribution in [0.4, 0.5) is 0 Å². The molecule has 2 heterocycles. The van der Waals surface area contributed by atoms with Crippen LogP contribution in [0, 0.1) is 5.41 Å². The van der Waals surface area contributed by atoms with Gasteiger partial charge in [0.25, 0.3) is 0 Å². The number of nitrogens with zero attached hydrogens (tertiary/aromatic N) is 2. The minimum atomic E-state index is 0.559. The van der Waals surface area contributed by atoms with Gasteiger partial charge in [0.05, 0.1) is 5.69 Å². The van der Waals surface area contributed by atoms with Crippen molar-refractivity contribution in [3.8, 4) is 0 Å². The van der Waals surface area contributed by atoms with Gasteiger partial charge in [-0.05, 0) is 24.7 Å². The molecule has 2 aliphatic rings. The number of aryl methyl sites for hydroxylation is 1. The van der Waals surface area contributed by atoms with Crippen molar-refractivity contribution in [2.75, 3.05) is 6.54 Å². The largest absolute Gasteiger partial charge is 0.331 e. The van der Waals surface area contributed by atoms with Gasteiger partial charge in [0.15, 0.2) is 0 Å². The maximum atomic E-state index is 4.88. The van der Waals surface area contributed by atoms with Gasteiger partial charge in [-0.1, -0.05) is 26.7 Å². The lowest BCUT2D eigenvalue weighted by Gasteiger charge is -2.30. The van der Waals surface area contributed by atoms with Gasteiger partial charge in [-0.3, -0.25) is 0 Å². The smallest absolute Gasteiger partial charge is 0.108 e. The molecule has 3 rings (SSSR count). The van der Waals surface area contributed by atoms with Crippen molar-refractivity contribution in [2.45, 2.75) is 71.9 Å². The van der Waals surface area contributed by atoms with E-state index in [1.54, 1.807) is 0 Å². The first-order valence-electron chi connectivity index (χ1n) is 8.06. The van der Waals surface area contributed by atoms with Crippen LogP contribution in [0.1, 0.15) is 63.2 Å². The monoisotopic (exact) mass is 261 g/mol. The highest BCUT2D eigenvalue weighted by molar-refractivity contribution is 5.21. The van der Waals surface area contributed by atoms with E-state index in [4.69, 9.17) is 4.98 Å². The lowest BCUT2D eigenvalue weighted by molar-refractivity contribution is 0.231. The Bertz CT molecular complexity index is 441. The number of imidazole rings is 1. The number of fused-ring (bicyclic) bond motifs is 1. The molecule has 0 aromatic carbocycles. The predicted octanol–water partition coefficient (Wildman–Crippen LogP) is 3.06. The molecule has 1 aliphatic carbocycles. The number of hydrogen-bond donors (Lipinski definition) is 1. The third kappa shape index (κ3) is 2.33. The zero-order valence-electron chi connectivity index (χ0n) is 12.5. The Hall–Kier alpha value is -0.830. The third-order valence-electron chi connectivity index (χ3n) is 5.29. The van der Waals surface area contributed by atoms with Crippen LogP contribution in [0.25, 0.3) is 0 Å². The quantitative estimate of drug-likeness (QED) is 0.902. The van der Waals surface area contributed by atoms with E-state index in [2.05, 4.69) is 23.7 Å². The van der Waals surface area contributed by atoms with E-state index in [1.165, 1.54) is 55.9 Å². The van der Waals surface area contributed by atoms with Crippen LogP contribution in [0.3, 0.4) is 0 Å². The molecule has 1 aromatic heterocycles. The molecule has 0 unspecified atom stereocenters. The summed E-state index contributed by atoms with van der Waals surface area (Å²) in [5, 5.41) is 3.45. The van der Waals surface area contributed by atoms with Crippen molar-refractivity contribution in [2.24, 2.45) is 5.41 Å². The second-order valence-corrected chi connectivity index (χ2v) is 6.35. The van der Waals surface area contributed by atoms with Gasteiger partial charge in [-0.2, -0.15) is 0 Å². The minimum absolute atomic E-state index is 0.559. The normalized spacial score (nSPS) is 21.6. The summed E-state index contributed by atoms with van der Waals surface area (Å²) >= 11 is 0. The summed E-state index contributed by atoms with van der Waals surface area (Å²) in [7, 11) is 0. The van der Waals surface area contributed by atoms with E-state index in [9.17, 15) is 0 Å². The molecule has 1 N–H and O–H groups in total. The van der Waals surface area contributed by atoms with Gasteiger partial charge in [-0.25, -0.2) is 4.98 Å². The lowest BCUT2D eigenvalue weighted by Crippen LogP contribution is -2.28. The van der Waals surface area contributed by atoms with Gasteiger partial charge in [0.1, 0.15) is 5.82 Å². The molecule has 19 heavy (non-hydrogen) atoms. The van der Waals surface area contributed by atoms with Crippen LogP contribution < -0.4 is 5.32 Å². The van der Waals surface area contributed by atoms with E-state index in [0.29, 0.717) is 5.41 Å². The van der Waals surface area contributed by atoms with Crippen LogP contribution in [-0.4, -0.2) is 16.1 Å². The molecule has 0 radical (unpaired) electrons. The Balaban J connectivity index is 1.92. The Morgan fingerprint density at radius 1 is 1.26 bits per heavy atom. The third-order valence-corrected chi connectivity index (χ3v) is 5.29. The highest BCUT2D eigenvalue weighted by Crippen LogP contribution is 2.43. The van der Waals surface area contributed by atoms with Crippen molar-refractivity contribution in [1.82, 2.24) is 14.9 Å². The molecular weight excluding hydrogens is 234 g/mol. The van der Waals surface area contributed by atoms with Crippen LogP contribution in [0.15, 0.2) is 0 Å². The van der Waals surface area contributed by atoms with Gasteiger partial charge >= 0.3 is 0 Å². The summed E-state index contributed by atoms with van der Waals surface area (Å²) in [6, 6.07) is 0. The maximum Gasteiger partial charge on any atom is 0.108 e. The minimum Gasteiger partial charge on any atom is -0.331 e. The summed E-state index contributed by atoms with van der Waals surface area (Å²) in [6.45, 7) is 7.91. The average Bonchev–Trinajstić information content (AvgIpc) is 3.05. The molecule has 3 heteroatoms. The van der Waals surface area contributed by atoms with E-state index in [0.717, 1.165) is 25.9 Å². The molecule has 0 bridgehead atoms. The zero-order valence-corrected chi connectivity index (χ0v) is 12.5. The van der Waals surface area contributed by atoms with E-state index >= 15 is 0 Å². The van der Waals surface area contributed by atoms with E-state index in [1.807, 2.05) is 0 Å². The lowest BCUT2D eigenvalue weighted by atomic mass is 9.83. The second kappa shape index (κ2) is 5.28. The standard InChI is InChI=1S/C16H27N3/c1-3-15-18-13-11-17-10-7-14(13)19(15)12-16(4-2)8-5-6-9-16/h17H,3-12H2,1-2H3. The van der Waals surface area contributed by atoms with E-state index < -0.39 is 0 Å². The molecule has 1 aliphatic heterocycles. The Morgan fingerprint density at radius 2 is 2.05 bits per heavy atom. The summed E-state index contributed by atoms with van der Waals surface area (Å²) in [4.78, 5) is 4.88. The highest BCUT2D eigenvalue weighted by atomic mass is 15.1. The Morgan fingerprint density at radius 3 is 2.74 bits per heavy atom. The first-order chi connectivity index (χ1) is 9.28. The fourth-order valence-electron chi connectivity index (χ4n) is 3.97. The molecule has 0 spiro atoms. The fourth-order valence-corrected chi connectivity index (χ4v) is 3.97. The molecule has 1 saturated carbocycles.